The van der Waals surface area contributed by atoms with Gasteiger partial charge in [-0.2, -0.15) is 0 Å². The van der Waals surface area contributed by atoms with Crippen LogP contribution in [0.5, 0.6) is 0 Å². The van der Waals surface area contributed by atoms with Crippen molar-refractivity contribution in [1.82, 2.24) is 4.90 Å². The molecule has 0 aromatic heterocycles. The summed E-state index contributed by atoms with van der Waals surface area (Å²) in [6.45, 7) is 7.90. The molecular weight excluding hydrogens is 212 g/mol. The Hall–Kier alpha value is -0.120. The summed E-state index contributed by atoms with van der Waals surface area (Å²) in [5, 5.41) is 0. The van der Waals surface area contributed by atoms with Crippen molar-refractivity contribution in [2.75, 3.05) is 39.9 Å². The lowest BCUT2D eigenvalue weighted by molar-refractivity contribution is 0.0983. The van der Waals surface area contributed by atoms with Gasteiger partial charge in [0.1, 0.15) is 0 Å². The van der Waals surface area contributed by atoms with E-state index in [1.54, 1.807) is 0 Å². The van der Waals surface area contributed by atoms with Gasteiger partial charge in [0.2, 0.25) is 0 Å². The summed E-state index contributed by atoms with van der Waals surface area (Å²) in [7, 11) is 1.81. The van der Waals surface area contributed by atoms with Crippen molar-refractivity contribution in [3.05, 3.63) is 0 Å². The lowest BCUT2D eigenvalue weighted by atomic mass is 9.97. The minimum atomic E-state index is 0.797. The van der Waals surface area contributed by atoms with Gasteiger partial charge >= 0.3 is 0 Å². The molecule has 1 rings (SSSR count). The van der Waals surface area contributed by atoms with Gasteiger partial charge in [-0.25, -0.2) is 0 Å². The Balaban J connectivity index is 2.02. The zero-order chi connectivity index (χ0) is 12.5. The van der Waals surface area contributed by atoms with Gasteiger partial charge in [-0.15, -0.1) is 0 Å². The molecule has 1 fully saturated rings. The van der Waals surface area contributed by atoms with E-state index in [-0.39, 0.29) is 0 Å². The average molecular weight is 242 g/mol. The number of rotatable bonds is 8. The topological polar surface area (TPSA) is 38.5 Å². The first-order valence-electron chi connectivity index (χ1n) is 7.17. The molecule has 0 saturated carbocycles. The van der Waals surface area contributed by atoms with Crippen LogP contribution in [0.1, 0.15) is 39.0 Å². The first-order chi connectivity index (χ1) is 8.26. The highest BCUT2D eigenvalue weighted by molar-refractivity contribution is 4.72. The van der Waals surface area contributed by atoms with E-state index in [2.05, 4.69) is 11.8 Å². The standard InChI is InChI=1S/C14H30N2O/c1-13(5-8-15)4-3-9-16-10-6-14(7-11-16)12-17-2/h13-14H,3-12,15H2,1-2H3. The molecule has 1 aliphatic heterocycles. The summed E-state index contributed by atoms with van der Waals surface area (Å²) in [6, 6.07) is 0. The van der Waals surface area contributed by atoms with Crippen molar-refractivity contribution in [3.8, 4) is 0 Å². The fourth-order valence-corrected chi connectivity index (χ4v) is 2.70. The maximum Gasteiger partial charge on any atom is 0.0491 e. The zero-order valence-electron chi connectivity index (χ0n) is 11.7. The van der Waals surface area contributed by atoms with E-state index in [0.717, 1.165) is 25.0 Å². The summed E-state index contributed by atoms with van der Waals surface area (Å²) in [5.74, 6) is 1.60. The SMILES string of the molecule is COCC1CCN(CCCC(C)CCN)CC1. The van der Waals surface area contributed by atoms with Gasteiger partial charge in [0, 0.05) is 13.7 Å². The van der Waals surface area contributed by atoms with Crippen molar-refractivity contribution in [1.29, 1.82) is 0 Å². The fraction of sp³-hybridized carbons (Fsp3) is 1.00. The maximum atomic E-state index is 5.57. The van der Waals surface area contributed by atoms with E-state index in [9.17, 15) is 0 Å². The number of methoxy groups -OCH3 is 1. The number of nitrogens with zero attached hydrogens (tertiary/aromatic N) is 1. The maximum absolute atomic E-state index is 5.57. The Labute approximate surface area is 107 Å². The molecule has 0 aliphatic carbocycles. The van der Waals surface area contributed by atoms with Gasteiger partial charge in [0.25, 0.3) is 0 Å². The average Bonchev–Trinajstić information content (AvgIpc) is 2.32. The third kappa shape index (κ3) is 6.39. The number of likely N-dealkylation sites (tertiary alicyclic amines) is 1. The minimum absolute atomic E-state index is 0.797. The van der Waals surface area contributed by atoms with Crippen LogP contribution in [0.4, 0.5) is 0 Å². The smallest absolute Gasteiger partial charge is 0.0491 e. The molecule has 102 valence electrons. The van der Waals surface area contributed by atoms with Crippen LogP contribution in [0, 0.1) is 11.8 Å². The molecule has 1 aliphatic rings. The van der Waals surface area contributed by atoms with Gasteiger partial charge < -0.3 is 15.4 Å². The molecule has 0 spiro atoms. The van der Waals surface area contributed by atoms with Crippen LogP contribution in [0.3, 0.4) is 0 Å². The molecular formula is C14H30N2O. The predicted molar refractivity (Wildman–Crippen MR) is 73.1 cm³/mol. The molecule has 0 aromatic rings. The summed E-state index contributed by atoms with van der Waals surface area (Å²) in [4.78, 5) is 2.61. The number of piperidine rings is 1. The van der Waals surface area contributed by atoms with E-state index >= 15 is 0 Å². The van der Waals surface area contributed by atoms with Crippen molar-refractivity contribution in [2.24, 2.45) is 17.6 Å². The second-order valence-electron chi connectivity index (χ2n) is 5.57. The third-order valence-corrected chi connectivity index (χ3v) is 3.94. The Morgan fingerprint density at radius 2 is 2.00 bits per heavy atom. The van der Waals surface area contributed by atoms with Crippen LogP contribution >= 0.6 is 0 Å². The number of hydrogen-bond donors (Lipinski definition) is 1. The first-order valence-corrected chi connectivity index (χ1v) is 7.17. The third-order valence-electron chi connectivity index (χ3n) is 3.94. The Kier molecular flexibility index (Phi) is 7.82. The molecule has 2 N–H and O–H groups in total. The van der Waals surface area contributed by atoms with Gasteiger partial charge in [0.15, 0.2) is 0 Å². The van der Waals surface area contributed by atoms with Gasteiger partial charge in [-0.3, -0.25) is 0 Å². The molecule has 0 bridgehead atoms. The summed E-state index contributed by atoms with van der Waals surface area (Å²) in [5.41, 5.74) is 5.57. The van der Waals surface area contributed by atoms with Crippen LogP contribution in [0.2, 0.25) is 0 Å². The van der Waals surface area contributed by atoms with Gasteiger partial charge in [-0.05, 0) is 70.1 Å². The van der Waals surface area contributed by atoms with Gasteiger partial charge in [0.05, 0.1) is 0 Å². The molecule has 1 unspecified atom stereocenters. The normalized spacial score (nSPS) is 20.6. The first kappa shape index (κ1) is 14.9. The lowest BCUT2D eigenvalue weighted by Crippen LogP contribution is -2.35. The highest BCUT2D eigenvalue weighted by Gasteiger charge is 2.18. The molecule has 17 heavy (non-hydrogen) atoms. The summed E-state index contributed by atoms with van der Waals surface area (Å²) in [6.07, 6.45) is 6.46. The number of hydrogen-bond acceptors (Lipinski definition) is 3. The van der Waals surface area contributed by atoms with E-state index in [1.807, 2.05) is 7.11 Å². The van der Waals surface area contributed by atoms with Crippen LogP contribution < -0.4 is 5.73 Å². The monoisotopic (exact) mass is 242 g/mol. The highest BCUT2D eigenvalue weighted by atomic mass is 16.5. The molecule has 3 nitrogen and oxygen atoms in total. The van der Waals surface area contributed by atoms with Crippen molar-refractivity contribution in [2.45, 2.75) is 39.0 Å². The van der Waals surface area contributed by atoms with E-state index < -0.39 is 0 Å². The fourth-order valence-electron chi connectivity index (χ4n) is 2.70. The second kappa shape index (κ2) is 8.90. The van der Waals surface area contributed by atoms with Crippen molar-refractivity contribution < 1.29 is 4.74 Å². The van der Waals surface area contributed by atoms with Crippen LogP contribution in [-0.4, -0.2) is 44.8 Å². The second-order valence-corrected chi connectivity index (χ2v) is 5.57. The predicted octanol–water partition coefficient (Wildman–Crippen LogP) is 2.11. The zero-order valence-corrected chi connectivity index (χ0v) is 11.7. The Morgan fingerprint density at radius 3 is 2.59 bits per heavy atom. The molecule has 1 atom stereocenters. The summed E-state index contributed by atoms with van der Waals surface area (Å²) < 4.78 is 5.23. The molecule has 0 radical (unpaired) electrons. The summed E-state index contributed by atoms with van der Waals surface area (Å²) >= 11 is 0. The van der Waals surface area contributed by atoms with Crippen molar-refractivity contribution in [3.63, 3.8) is 0 Å². The van der Waals surface area contributed by atoms with Crippen LogP contribution in [0.15, 0.2) is 0 Å². The largest absolute Gasteiger partial charge is 0.384 e. The van der Waals surface area contributed by atoms with Crippen LogP contribution in [-0.2, 0) is 4.74 Å². The van der Waals surface area contributed by atoms with E-state index in [1.165, 1.54) is 51.7 Å². The molecule has 0 aromatic carbocycles. The minimum Gasteiger partial charge on any atom is -0.384 e. The number of ether oxygens (including phenoxy) is 1. The quantitative estimate of drug-likeness (QED) is 0.708. The molecule has 1 heterocycles. The molecule has 0 amide bonds. The Morgan fingerprint density at radius 1 is 1.29 bits per heavy atom. The highest BCUT2D eigenvalue weighted by Crippen LogP contribution is 2.18. The van der Waals surface area contributed by atoms with Gasteiger partial charge in [-0.1, -0.05) is 6.92 Å². The van der Waals surface area contributed by atoms with Crippen molar-refractivity contribution >= 4 is 0 Å². The number of nitrogens with two attached hydrogens (primary N) is 1. The van der Waals surface area contributed by atoms with Crippen LogP contribution in [0.25, 0.3) is 0 Å². The van der Waals surface area contributed by atoms with E-state index in [0.29, 0.717) is 0 Å². The Bertz CT molecular complexity index is 179. The molecule has 3 heteroatoms. The molecule has 1 saturated heterocycles. The lowest BCUT2D eigenvalue weighted by Gasteiger charge is -2.31. The van der Waals surface area contributed by atoms with E-state index in [4.69, 9.17) is 10.5 Å².